The van der Waals surface area contributed by atoms with Gasteiger partial charge in [-0.1, -0.05) is 0 Å². The molecular formula is C15H29N5. The molecule has 0 spiro atoms. The van der Waals surface area contributed by atoms with Crippen LogP contribution < -0.4 is 5.32 Å². The van der Waals surface area contributed by atoms with E-state index >= 15 is 0 Å². The molecule has 1 N–H and O–H groups in total. The smallest absolute Gasteiger partial charge is 0.0492 e. The maximum atomic E-state index is 4.25. The van der Waals surface area contributed by atoms with Gasteiger partial charge in [0, 0.05) is 37.6 Å². The van der Waals surface area contributed by atoms with Crippen molar-refractivity contribution in [1.29, 1.82) is 0 Å². The SMILES string of the molecule is CNC(CCc1ccnn1C)C1CN(C)CCCN1C. The minimum Gasteiger partial charge on any atom is -0.315 e. The lowest BCUT2D eigenvalue weighted by Crippen LogP contribution is -2.51. The van der Waals surface area contributed by atoms with E-state index in [1.165, 1.54) is 25.2 Å². The van der Waals surface area contributed by atoms with Crippen LogP contribution in [0.25, 0.3) is 0 Å². The van der Waals surface area contributed by atoms with E-state index in [0.29, 0.717) is 12.1 Å². The number of hydrogen-bond donors (Lipinski definition) is 1. The van der Waals surface area contributed by atoms with Crippen molar-refractivity contribution < 1.29 is 0 Å². The molecule has 0 aliphatic carbocycles. The second-order valence-corrected chi connectivity index (χ2v) is 6.04. The lowest BCUT2D eigenvalue weighted by atomic mass is 10.0. The zero-order valence-electron chi connectivity index (χ0n) is 13.3. The third-order valence-electron chi connectivity index (χ3n) is 4.58. The van der Waals surface area contributed by atoms with Crippen LogP contribution >= 0.6 is 0 Å². The molecule has 1 aromatic heterocycles. The van der Waals surface area contributed by atoms with Gasteiger partial charge in [0.1, 0.15) is 0 Å². The number of aryl methyl sites for hydroxylation is 2. The summed E-state index contributed by atoms with van der Waals surface area (Å²) < 4.78 is 1.98. The van der Waals surface area contributed by atoms with Gasteiger partial charge in [-0.15, -0.1) is 0 Å². The van der Waals surface area contributed by atoms with E-state index in [1.807, 2.05) is 17.9 Å². The first-order valence-electron chi connectivity index (χ1n) is 7.64. The van der Waals surface area contributed by atoms with E-state index in [4.69, 9.17) is 0 Å². The Morgan fingerprint density at radius 3 is 2.80 bits per heavy atom. The molecule has 5 heteroatoms. The summed E-state index contributed by atoms with van der Waals surface area (Å²) in [7, 11) is 8.61. The van der Waals surface area contributed by atoms with Crippen molar-refractivity contribution >= 4 is 0 Å². The van der Waals surface area contributed by atoms with Gasteiger partial charge in [0.2, 0.25) is 0 Å². The summed E-state index contributed by atoms with van der Waals surface area (Å²) in [6.07, 6.45) is 5.38. The van der Waals surface area contributed by atoms with E-state index in [9.17, 15) is 0 Å². The Morgan fingerprint density at radius 2 is 2.15 bits per heavy atom. The number of nitrogens with one attached hydrogen (secondary N) is 1. The van der Waals surface area contributed by atoms with E-state index in [1.54, 1.807) is 0 Å². The lowest BCUT2D eigenvalue weighted by Gasteiger charge is -2.34. The van der Waals surface area contributed by atoms with Gasteiger partial charge < -0.3 is 15.1 Å². The van der Waals surface area contributed by atoms with Crippen molar-refractivity contribution in [3.63, 3.8) is 0 Å². The minimum atomic E-state index is 0.524. The predicted molar refractivity (Wildman–Crippen MR) is 82.9 cm³/mol. The van der Waals surface area contributed by atoms with Crippen LogP contribution in [-0.4, -0.2) is 72.4 Å². The second kappa shape index (κ2) is 7.20. The maximum absolute atomic E-state index is 4.25. The highest BCUT2D eigenvalue weighted by atomic mass is 15.3. The Labute approximate surface area is 122 Å². The third-order valence-corrected chi connectivity index (χ3v) is 4.58. The monoisotopic (exact) mass is 279 g/mol. The van der Waals surface area contributed by atoms with Crippen LogP contribution in [0.5, 0.6) is 0 Å². The van der Waals surface area contributed by atoms with Crippen LogP contribution in [0.2, 0.25) is 0 Å². The lowest BCUT2D eigenvalue weighted by molar-refractivity contribution is 0.176. The predicted octanol–water partition coefficient (Wildman–Crippen LogP) is 0.577. The van der Waals surface area contributed by atoms with Crippen molar-refractivity contribution in [3.8, 4) is 0 Å². The normalized spacial score (nSPS) is 23.7. The molecule has 2 rings (SSSR count). The van der Waals surface area contributed by atoms with Crippen LogP contribution in [0.3, 0.4) is 0 Å². The van der Waals surface area contributed by atoms with Crippen molar-refractivity contribution in [2.24, 2.45) is 7.05 Å². The van der Waals surface area contributed by atoms with Crippen LogP contribution in [0.15, 0.2) is 12.3 Å². The van der Waals surface area contributed by atoms with Gasteiger partial charge in [-0.2, -0.15) is 5.10 Å². The van der Waals surface area contributed by atoms with Gasteiger partial charge in [-0.3, -0.25) is 4.68 Å². The van der Waals surface area contributed by atoms with Gasteiger partial charge in [0.25, 0.3) is 0 Å². The van der Waals surface area contributed by atoms with Gasteiger partial charge in [-0.05, 0) is 59.6 Å². The Hall–Kier alpha value is -0.910. The molecule has 0 radical (unpaired) electrons. The third kappa shape index (κ3) is 3.81. The minimum absolute atomic E-state index is 0.524. The molecule has 2 unspecified atom stereocenters. The molecule has 20 heavy (non-hydrogen) atoms. The van der Waals surface area contributed by atoms with E-state index in [-0.39, 0.29) is 0 Å². The van der Waals surface area contributed by atoms with E-state index < -0.39 is 0 Å². The highest BCUT2D eigenvalue weighted by Crippen LogP contribution is 2.14. The first-order valence-corrected chi connectivity index (χ1v) is 7.64. The first-order chi connectivity index (χ1) is 9.61. The summed E-state index contributed by atoms with van der Waals surface area (Å²) in [4.78, 5) is 4.98. The van der Waals surface area contributed by atoms with E-state index in [0.717, 1.165) is 19.4 Å². The molecule has 0 amide bonds. The van der Waals surface area contributed by atoms with Crippen molar-refractivity contribution in [2.45, 2.75) is 31.3 Å². The Kier molecular flexibility index (Phi) is 5.57. The van der Waals surface area contributed by atoms with Gasteiger partial charge >= 0.3 is 0 Å². The first kappa shape index (κ1) is 15.5. The summed E-state index contributed by atoms with van der Waals surface area (Å²) in [5, 5.41) is 7.79. The molecule has 1 aliphatic rings. The molecule has 0 bridgehead atoms. The van der Waals surface area contributed by atoms with Gasteiger partial charge in [0.15, 0.2) is 0 Å². The molecule has 1 fully saturated rings. The van der Waals surface area contributed by atoms with Crippen molar-refractivity contribution in [1.82, 2.24) is 24.9 Å². The van der Waals surface area contributed by atoms with Crippen molar-refractivity contribution in [3.05, 3.63) is 18.0 Å². The standard InChI is InChI=1S/C15H29N5/c1-16-14(7-6-13-8-9-17-20(13)4)15-12-18(2)10-5-11-19(15)3/h8-9,14-16H,5-7,10-12H2,1-4H3. The summed E-state index contributed by atoms with van der Waals surface area (Å²) in [6, 6.07) is 3.23. The zero-order chi connectivity index (χ0) is 14.5. The number of likely N-dealkylation sites (N-methyl/N-ethyl adjacent to an activating group) is 3. The largest absolute Gasteiger partial charge is 0.315 e. The fourth-order valence-electron chi connectivity index (χ4n) is 3.22. The molecule has 114 valence electrons. The number of aromatic nitrogens is 2. The molecule has 1 aliphatic heterocycles. The quantitative estimate of drug-likeness (QED) is 0.855. The molecule has 5 nitrogen and oxygen atoms in total. The summed E-state index contributed by atoms with van der Waals surface area (Å²) >= 11 is 0. The highest BCUT2D eigenvalue weighted by molar-refractivity contribution is 5.01. The Bertz CT molecular complexity index is 403. The van der Waals surface area contributed by atoms with Crippen LogP contribution in [0.1, 0.15) is 18.5 Å². The van der Waals surface area contributed by atoms with Gasteiger partial charge in [0.05, 0.1) is 0 Å². The summed E-state index contributed by atoms with van der Waals surface area (Å²) in [5.74, 6) is 0. The fourth-order valence-corrected chi connectivity index (χ4v) is 3.22. The number of rotatable bonds is 5. The van der Waals surface area contributed by atoms with Gasteiger partial charge in [-0.25, -0.2) is 0 Å². The topological polar surface area (TPSA) is 36.3 Å². The molecule has 2 heterocycles. The molecule has 1 saturated heterocycles. The zero-order valence-corrected chi connectivity index (χ0v) is 13.3. The summed E-state index contributed by atoms with van der Waals surface area (Å²) in [6.45, 7) is 3.55. The Balaban J connectivity index is 1.97. The fraction of sp³-hybridized carbons (Fsp3) is 0.800. The molecule has 2 atom stereocenters. The van der Waals surface area contributed by atoms with E-state index in [2.05, 4.69) is 47.4 Å². The summed E-state index contributed by atoms with van der Waals surface area (Å²) in [5.41, 5.74) is 1.31. The second-order valence-electron chi connectivity index (χ2n) is 6.04. The average Bonchev–Trinajstić information content (AvgIpc) is 2.75. The average molecular weight is 279 g/mol. The van der Waals surface area contributed by atoms with Crippen LogP contribution in [-0.2, 0) is 13.5 Å². The molecule has 0 saturated carbocycles. The maximum Gasteiger partial charge on any atom is 0.0492 e. The Morgan fingerprint density at radius 1 is 1.35 bits per heavy atom. The van der Waals surface area contributed by atoms with Crippen LogP contribution in [0, 0.1) is 0 Å². The van der Waals surface area contributed by atoms with Crippen molar-refractivity contribution in [2.75, 3.05) is 40.8 Å². The molecule has 0 aromatic carbocycles. The number of hydrogen-bond acceptors (Lipinski definition) is 4. The highest BCUT2D eigenvalue weighted by Gasteiger charge is 2.27. The van der Waals surface area contributed by atoms with Crippen LogP contribution in [0.4, 0.5) is 0 Å². The molecular weight excluding hydrogens is 250 g/mol. The molecule has 1 aromatic rings. The number of nitrogens with zero attached hydrogens (tertiary/aromatic N) is 4.